The van der Waals surface area contributed by atoms with Gasteiger partial charge in [-0.2, -0.15) is 0 Å². The first kappa shape index (κ1) is 32.5. The molecular weight excluding hydrogens is 684 g/mol. The third-order valence-corrected chi connectivity index (χ3v) is 11.4. The van der Waals surface area contributed by atoms with Crippen molar-refractivity contribution in [3.8, 4) is 17.2 Å². The topological polar surface area (TPSA) is 157 Å². The lowest BCUT2D eigenvalue weighted by Gasteiger charge is -2.50. The number of rotatable bonds is 6. The molecule has 4 amide bonds. The van der Waals surface area contributed by atoms with E-state index < -0.39 is 73.5 Å². The van der Waals surface area contributed by atoms with Gasteiger partial charge in [-0.15, -0.1) is 23.2 Å². The number of nitro groups is 1. The largest absolute Gasteiger partial charge is 0.507 e. The molecule has 6 atom stereocenters. The van der Waals surface area contributed by atoms with Gasteiger partial charge in [-0.05, 0) is 49.1 Å². The number of halogens is 3. The molecule has 7 rings (SSSR count). The number of carbonyl (C=O) groups excluding carboxylic acids is 4. The average Bonchev–Trinajstić information content (AvgIpc) is 3.42. The van der Waals surface area contributed by atoms with Crippen LogP contribution in [0.1, 0.15) is 24.3 Å². The normalized spacial score (nSPS) is 29.0. The molecule has 2 aliphatic heterocycles. The van der Waals surface area contributed by atoms with Crippen molar-refractivity contribution in [1.29, 1.82) is 0 Å². The van der Waals surface area contributed by atoms with E-state index >= 15 is 0 Å². The van der Waals surface area contributed by atoms with Crippen LogP contribution in [-0.2, 0) is 19.2 Å². The fraction of sp³-hybridized carbons (Fsp3) is 0.294. The summed E-state index contributed by atoms with van der Waals surface area (Å²) in [6.07, 6.45) is 1.31. The summed E-state index contributed by atoms with van der Waals surface area (Å²) in [6.45, 7) is 0. The Balaban J connectivity index is 1.43. The maximum atomic E-state index is 14.6. The fourth-order valence-corrected chi connectivity index (χ4v) is 8.80. The Labute approximate surface area is 287 Å². The molecule has 0 unspecified atom stereocenters. The Kier molecular flexibility index (Phi) is 7.49. The zero-order valence-corrected chi connectivity index (χ0v) is 27.3. The predicted octanol–water partition coefficient (Wildman–Crippen LogP) is 5.22. The zero-order chi connectivity index (χ0) is 35.2. The summed E-state index contributed by atoms with van der Waals surface area (Å²) < 4.78 is 24.8. The molecule has 252 valence electrons. The van der Waals surface area contributed by atoms with Crippen molar-refractivity contribution in [3.05, 3.63) is 93.8 Å². The minimum absolute atomic E-state index is 0.00357. The highest BCUT2D eigenvalue weighted by molar-refractivity contribution is 6.58. The monoisotopic (exact) mass is 709 g/mol. The number of methoxy groups -OCH3 is 2. The Hall–Kier alpha value is -5.01. The number of nitro benzene ring substituents is 1. The minimum atomic E-state index is -2.32. The van der Waals surface area contributed by atoms with E-state index in [-0.39, 0.29) is 47.0 Å². The van der Waals surface area contributed by atoms with Crippen molar-refractivity contribution in [1.82, 2.24) is 0 Å². The standard InChI is InChI=1S/C34H26Cl2FN3O9/c1-48-20-13-24(41)27(25(14-20)49-2)28-21-10-11-22-26(30(43)38(29(22)42)18-4-3-5-19(12-18)40(46)47)23(21)15-33(35)31(44)39(32(45)34(28,33)36)17-8-6-16(37)7-9-17/h3-10,12-14,22-23,26,28,41H,11,15H2,1-2H3/t22-,23+,26-,28+,33+,34-/m0/s1. The number of phenolic OH excluding ortho intramolecular Hbond substituents is 1. The van der Waals surface area contributed by atoms with Gasteiger partial charge in [-0.25, -0.2) is 14.2 Å². The van der Waals surface area contributed by atoms with E-state index in [1.54, 1.807) is 6.08 Å². The summed E-state index contributed by atoms with van der Waals surface area (Å²) in [7, 11) is 2.69. The minimum Gasteiger partial charge on any atom is -0.507 e. The van der Waals surface area contributed by atoms with Gasteiger partial charge in [0.05, 0.1) is 42.4 Å². The number of amides is 4. The summed E-state index contributed by atoms with van der Waals surface area (Å²) in [6, 6.07) is 12.4. The van der Waals surface area contributed by atoms with Gasteiger partial charge in [-0.3, -0.25) is 29.3 Å². The van der Waals surface area contributed by atoms with E-state index in [1.807, 2.05) is 0 Å². The van der Waals surface area contributed by atoms with Gasteiger partial charge in [0.2, 0.25) is 11.8 Å². The SMILES string of the molecule is COc1cc(O)c([C@H]2C3=CC[C@@H]4C(=O)N(c5cccc([N+](=O)[O-])c5)C(=O)[C@@H]4[C@@H]3C[C@@]3(Cl)C(=O)N(c4ccc(F)cc4)C(=O)[C@@]23Cl)c(OC)c1. The van der Waals surface area contributed by atoms with Gasteiger partial charge in [0.25, 0.3) is 17.5 Å². The summed E-state index contributed by atoms with van der Waals surface area (Å²) in [5, 5.41) is 23.0. The summed E-state index contributed by atoms with van der Waals surface area (Å²) >= 11 is 14.7. The van der Waals surface area contributed by atoms with Gasteiger partial charge in [-0.1, -0.05) is 17.7 Å². The van der Waals surface area contributed by atoms with Crippen molar-refractivity contribution in [2.75, 3.05) is 24.0 Å². The predicted molar refractivity (Wildman–Crippen MR) is 173 cm³/mol. The number of benzene rings is 3. The Morgan fingerprint density at radius 2 is 1.63 bits per heavy atom. The van der Waals surface area contributed by atoms with Gasteiger partial charge in [0.15, 0.2) is 9.75 Å². The Bertz CT molecular complexity index is 2020. The smallest absolute Gasteiger partial charge is 0.271 e. The number of anilines is 2. The lowest BCUT2D eigenvalue weighted by atomic mass is 9.56. The molecule has 12 nitrogen and oxygen atoms in total. The van der Waals surface area contributed by atoms with E-state index in [1.165, 1.54) is 56.7 Å². The number of aromatic hydroxyl groups is 1. The van der Waals surface area contributed by atoms with Crippen LogP contribution in [0.4, 0.5) is 21.5 Å². The van der Waals surface area contributed by atoms with Crippen LogP contribution in [0.5, 0.6) is 17.2 Å². The number of allylic oxidation sites excluding steroid dienone is 2. The molecule has 3 fully saturated rings. The number of ether oxygens (including phenoxy) is 2. The first-order chi connectivity index (χ1) is 23.3. The second-order valence-electron chi connectivity index (χ2n) is 12.3. The van der Waals surface area contributed by atoms with E-state index in [0.717, 1.165) is 28.0 Å². The van der Waals surface area contributed by atoms with Gasteiger partial charge in [0, 0.05) is 35.7 Å². The Morgan fingerprint density at radius 1 is 0.918 bits per heavy atom. The van der Waals surface area contributed by atoms with Crippen molar-refractivity contribution < 1.29 is 43.1 Å². The maximum Gasteiger partial charge on any atom is 0.271 e. The molecule has 2 heterocycles. The van der Waals surface area contributed by atoms with E-state index in [4.69, 9.17) is 32.7 Å². The van der Waals surface area contributed by atoms with Crippen molar-refractivity contribution in [2.24, 2.45) is 17.8 Å². The average molecular weight is 710 g/mol. The maximum absolute atomic E-state index is 14.6. The molecule has 1 saturated carbocycles. The molecule has 4 aliphatic rings. The number of phenols is 1. The van der Waals surface area contributed by atoms with E-state index in [0.29, 0.717) is 5.57 Å². The molecule has 3 aromatic rings. The lowest BCUT2D eigenvalue weighted by Crippen LogP contribution is -2.60. The Morgan fingerprint density at radius 3 is 2.29 bits per heavy atom. The van der Waals surface area contributed by atoms with Crippen LogP contribution < -0.4 is 19.3 Å². The fourth-order valence-electron chi connectivity index (χ4n) is 7.88. The lowest BCUT2D eigenvalue weighted by molar-refractivity contribution is -0.384. The van der Waals surface area contributed by atoms with Gasteiger partial charge >= 0.3 is 0 Å². The van der Waals surface area contributed by atoms with Crippen LogP contribution in [0.25, 0.3) is 0 Å². The molecule has 1 N–H and O–H groups in total. The van der Waals surface area contributed by atoms with E-state index in [2.05, 4.69) is 0 Å². The van der Waals surface area contributed by atoms with Crippen LogP contribution in [0, 0.1) is 33.7 Å². The third kappa shape index (κ3) is 4.41. The first-order valence-corrected chi connectivity index (χ1v) is 15.8. The van der Waals surface area contributed by atoms with Crippen LogP contribution in [0.15, 0.2) is 72.3 Å². The molecule has 2 aliphatic carbocycles. The number of nitrogens with zero attached hydrogens (tertiary/aromatic N) is 3. The van der Waals surface area contributed by atoms with Crippen molar-refractivity contribution in [2.45, 2.75) is 28.5 Å². The zero-order valence-electron chi connectivity index (χ0n) is 25.8. The molecule has 3 aromatic carbocycles. The first-order valence-electron chi connectivity index (χ1n) is 15.1. The third-order valence-electron chi connectivity index (χ3n) is 10.0. The number of hydrogen-bond acceptors (Lipinski definition) is 9. The van der Waals surface area contributed by atoms with Gasteiger partial charge < -0.3 is 14.6 Å². The van der Waals surface area contributed by atoms with Crippen LogP contribution in [-0.4, -0.2) is 57.6 Å². The number of alkyl halides is 2. The number of hydrogen-bond donors (Lipinski definition) is 1. The molecule has 2 saturated heterocycles. The second-order valence-corrected chi connectivity index (χ2v) is 13.5. The molecule has 0 spiro atoms. The highest BCUT2D eigenvalue weighted by Gasteiger charge is 2.77. The molecule has 0 bridgehead atoms. The molecule has 15 heteroatoms. The molecular formula is C34H26Cl2FN3O9. The van der Waals surface area contributed by atoms with Crippen LogP contribution >= 0.6 is 23.2 Å². The quantitative estimate of drug-likeness (QED) is 0.119. The summed E-state index contributed by atoms with van der Waals surface area (Å²) in [5.41, 5.74) is 0.0370. The summed E-state index contributed by atoms with van der Waals surface area (Å²) in [5.74, 6) is -8.34. The number of carbonyl (C=O) groups is 4. The number of fused-ring (bicyclic) bond motifs is 4. The molecule has 0 radical (unpaired) electrons. The van der Waals surface area contributed by atoms with E-state index in [9.17, 15) is 38.8 Å². The second kappa shape index (κ2) is 11.3. The van der Waals surface area contributed by atoms with Gasteiger partial charge in [0.1, 0.15) is 23.1 Å². The van der Waals surface area contributed by atoms with Crippen LogP contribution in [0.2, 0.25) is 0 Å². The highest BCUT2D eigenvalue weighted by Crippen LogP contribution is 2.67. The van der Waals surface area contributed by atoms with Crippen LogP contribution in [0.3, 0.4) is 0 Å². The summed E-state index contributed by atoms with van der Waals surface area (Å²) in [4.78, 5) is 65.1. The highest BCUT2D eigenvalue weighted by atomic mass is 35.5. The van der Waals surface area contributed by atoms with Crippen molar-refractivity contribution >= 4 is 63.9 Å². The number of non-ortho nitro benzene ring substituents is 1. The van der Waals surface area contributed by atoms with Crippen molar-refractivity contribution in [3.63, 3.8) is 0 Å². The molecule has 49 heavy (non-hydrogen) atoms. The number of imide groups is 2. The molecule has 0 aromatic heterocycles.